The van der Waals surface area contributed by atoms with Gasteiger partial charge in [0.15, 0.2) is 6.29 Å². The third-order valence-electron chi connectivity index (χ3n) is 11.5. The molecule has 3 aromatic rings. The highest BCUT2D eigenvalue weighted by Crippen LogP contribution is 2.53. The van der Waals surface area contributed by atoms with Crippen molar-refractivity contribution in [3.05, 3.63) is 95.1 Å². The van der Waals surface area contributed by atoms with E-state index in [1.807, 2.05) is 72.8 Å². The van der Waals surface area contributed by atoms with E-state index in [-0.39, 0.29) is 38.3 Å². The van der Waals surface area contributed by atoms with Crippen LogP contribution in [0.25, 0.3) is 11.1 Å². The summed E-state index contributed by atoms with van der Waals surface area (Å²) in [6.45, 7) is 9.17. The predicted molar refractivity (Wildman–Crippen MR) is 194 cm³/mol. The number of fused-ring (bicyclic) bond motifs is 2. The van der Waals surface area contributed by atoms with Gasteiger partial charge in [0.2, 0.25) is 5.91 Å². The summed E-state index contributed by atoms with van der Waals surface area (Å²) in [5.41, 5.74) is 6.12. The van der Waals surface area contributed by atoms with Crippen LogP contribution in [0, 0.1) is 10.8 Å². The summed E-state index contributed by atoms with van der Waals surface area (Å²) in [7, 11) is 0. The van der Waals surface area contributed by atoms with Crippen LogP contribution in [0.5, 0.6) is 0 Å². The van der Waals surface area contributed by atoms with E-state index in [4.69, 9.17) is 9.47 Å². The van der Waals surface area contributed by atoms with Crippen LogP contribution in [-0.4, -0.2) is 70.7 Å². The molecule has 6 atom stereocenters. The Morgan fingerprint density at radius 3 is 2.38 bits per heavy atom. The molecule has 53 heavy (non-hydrogen) atoms. The molecule has 7 rings (SSSR count). The van der Waals surface area contributed by atoms with Gasteiger partial charge < -0.3 is 24.8 Å². The number of amides is 2. The summed E-state index contributed by atoms with van der Waals surface area (Å²) in [4.78, 5) is 28.0. The van der Waals surface area contributed by atoms with Crippen molar-refractivity contribution in [3.8, 4) is 11.1 Å². The smallest absolute Gasteiger partial charge is 0.392 e. The van der Waals surface area contributed by atoms with E-state index in [2.05, 4.69) is 31.0 Å². The van der Waals surface area contributed by atoms with Crippen LogP contribution < -0.4 is 5.32 Å². The maximum absolute atomic E-state index is 13.1. The Bertz CT molecular complexity index is 1780. The van der Waals surface area contributed by atoms with Gasteiger partial charge in [-0.2, -0.15) is 13.2 Å². The Kier molecular flexibility index (Phi) is 10.5. The lowest BCUT2D eigenvalue weighted by molar-refractivity contribution is -0.253. The average molecular weight is 734 g/mol. The van der Waals surface area contributed by atoms with Crippen molar-refractivity contribution >= 4 is 11.8 Å². The van der Waals surface area contributed by atoms with Crippen molar-refractivity contribution in [2.75, 3.05) is 19.6 Å². The second-order valence-electron chi connectivity index (χ2n) is 16.7. The molecule has 1 aliphatic carbocycles. The van der Waals surface area contributed by atoms with E-state index in [0.717, 1.165) is 52.9 Å². The normalized spacial score (nSPS) is 28.6. The summed E-state index contributed by atoms with van der Waals surface area (Å²) < 4.78 is 52.5. The van der Waals surface area contributed by atoms with Crippen molar-refractivity contribution in [1.82, 2.24) is 15.1 Å². The Hall–Kier alpha value is -3.77. The number of carbonyl (C=O) groups is 2. The molecule has 2 amide bonds. The average Bonchev–Trinajstić information content (AvgIpc) is 3.71. The molecule has 0 radical (unpaired) electrons. The highest BCUT2D eigenvalue weighted by molar-refractivity contribution is 5.90. The maximum atomic E-state index is 13.1. The third-order valence-corrected chi connectivity index (χ3v) is 11.5. The van der Waals surface area contributed by atoms with Crippen molar-refractivity contribution in [2.45, 2.75) is 109 Å². The number of ether oxygens (including phenoxy) is 2. The van der Waals surface area contributed by atoms with E-state index in [0.29, 0.717) is 28.2 Å². The molecule has 0 spiro atoms. The zero-order valence-electron chi connectivity index (χ0n) is 30.7. The van der Waals surface area contributed by atoms with Crippen LogP contribution >= 0.6 is 0 Å². The summed E-state index contributed by atoms with van der Waals surface area (Å²) in [5.74, 6) is -2.56. The quantitative estimate of drug-likeness (QED) is 0.237. The molecule has 3 heterocycles. The first-order chi connectivity index (χ1) is 25.2. The zero-order valence-corrected chi connectivity index (χ0v) is 30.7. The van der Waals surface area contributed by atoms with Gasteiger partial charge in [-0.3, -0.25) is 14.5 Å². The summed E-state index contributed by atoms with van der Waals surface area (Å²) in [6, 6.07) is 23.1. The van der Waals surface area contributed by atoms with E-state index >= 15 is 0 Å². The van der Waals surface area contributed by atoms with Crippen LogP contribution in [0.1, 0.15) is 93.9 Å². The van der Waals surface area contributed by atoms with Gasteiger partial charge in [-0.1, -0.05) is 87.5 Å². The number of aliphatic hydroxyl groups is 1. The molecule has 3 aromatic carbocycles. The fourth-order valence-electron chi connectivity index (χ4n) is 9.53. The number of nitrogens with zero attached hydrogens (tertiary/aromatic N) is 2. The van der Waals surface area contributed by atoms with Crippen molar-refractivity contribution in [1.29, 1.82) is 0 Å². The van der Waals surface area contributed by atoms with E-state index in [9.17, 15) is 27.9 Å². The minimum Gasteiger partial charge on any atom is -0.392 e. The molecule has 8 nitrogen and oxygen atoms in total. The summed E-state index contributed by atoms with van der Waals surface area (Å²) >= 11 is 0. The second kappa shape index (κ2) is 14.8. The minimum absolute atomic E-state index is 0.0117. The number of rotatable bonds is 9. The highest BCUT2D eigenvalue weighted by atomic mass is 19.4. The van der Waals surface area contributed by atoms with E-state index < -0.39 is 30.3 Å². The van der Waals surface area contributed by atoms with Crippen molar-refractivity contribution in [2.24, 2.45) is 10.8 Å². The monoisotopic (exact) mass is 733 g/mol. The molecule has 4 aliphatic rings. The largest absolute Gasteiger partial charge is 0.471 e. The van der Waals surface area contributed by atoms with Gasteiger partial charge in [0.25, 0.3) is 0 Å². The molecule has 4 fully saturated rings. The standard InChI is InChI=1S/C42H50F3N3O5/c1-40(2)20-33-21-41(3,25-40)26-47(33)23-34-19-36(30-11-9-27(24-49)10-12-30)53-38(52-34)31-15-13-29(14-16-31)32-7-4-6-28(18-32)22-46-37(50)35-8-5-17-48(35)39(51)42(43,44)45/h4,6-7,9-16,18,33-36,38,49H,5,8,17,19-26H2,1-3H3,(H,46,50). The number of aliphatic hydroxyl groups excluding tert-OH is 1. The van der Waals surface area contributed by atoms with Crippen molar-refractivity contribution < 1.29 is 37.3 Å². The highest BCUT2D eigenvalue weighted by Gasteiger charge is 2.50. The predicted octanol–water partition coefficient (Wildman–Crippen LogP) is 7.46. The maximum Gasteiger partial charge on any atom is 0.471 e. The number of nitrogens with one attached hydrogen (secondary N) is 1. The number of hydrogen-bond donors (Lipinski definition) is 2. The molecular formula is C42H50F3N3O5. The van der Waals surface area contributed by atoms with Crippen LogP contribution in [0.3, 0.4) is 0 Å². The van der Waals surface area contributed by atoms with Crippen LogP contribution in [-0.2, 0) is 32.2 Å². The minimum atomic E-state index is -5.01. The number of benzene rings is 3. The number of likely N-dealkylation sites (tertiary alicyclic amines) is 2. The Balaban J connectivity index is 1.04. The van der Waals surface area contributed by atoms with Crippen LogP contribution in [0.2, 0.25) is 0 Å². The van der Waals surface area contributed by atoms with Gasteiger partial charge in [-0.05, 0) is 76.8 Å². The van der Waals surface area contributed by atoms with Gasteiger partial charge in [0.05, 0.1) is 18.8 Å². The molecule has 3 aliphatic heterocycles. The molecule has 284 valence electrons. The summed E-state index contributed by atoms with van der Waals surface area (Å²) in [5, 5.41) is 12.3. The fraction of sp³-hybridized carbons (Fsp3) is 0.524. The molecule has 6 unspecified atom stereocenters. The first kappa shape index (κ1) is 37.5. The van der Waals surface area contributed by atoms with Crippen LogP contribution in [0.15, 0.2) is 72.8 Å². The molecule has 11 heteroatoms. The number of hydrogen-bond acceptors (Lipinski definition) is 6. The number of halogens is 3. The first-order valence-electron chi connectivity index (χ1n) is 18.8. The van der Waals surface area contributed by atoms with E-state index in [1.54, 1.807) is 0 Å². The van der Waals surface area contributed by atoms with Gasteiger partial charge >= 0.3 is 12.1 Å². The number of alkyl halides is 3. The topological polar surface area (TPSA) is 91.3 Å². The Labute approximate surface area is 309 Å². The molecule has 2 bridgehead atoms. The Morgan fingerprint density at radius 1 is 0.925 bits per heavy atom. The molecule has 1 saturated carbocycles. The van der Waals surface area contributed by atoms with Gasteiger partial charge in [0.1, 0.15) is 6.04 Å². The van der Waals surface area contributed by atoms with Crippen LogP contribution in [0.4, 0.5) is 13.2 Å². The van der Waals surface area contributed by atoms with Gasteiger partial charge in [-0.15, -0.1) is 0 Å². The van der Waals surface area contributed by atoms with Gasteiger partial charge in [0, 0.05) is 44.2 Å². The number of carbonyl (C=O) groups excluding carboxylic acids is 2. The van der Waals surface area contributed by atoms with E-state index in [1.165, 1.54) is 19.3 Å². The molecular weight excluding hydrogens is 683 g/mol. The third kappa shape index (κ3) is 8.48. The Morgan fingerprint density at radius 2 is 1.66 bits per heavy atom. The summed E-state index contributed by atoms with van der Waals surface area (Å²) in [6.07, 6.45) is -0.850. The lowest BCUT2D eigenvalue weighted by Gasteiger charge is -2.41. The second-order valence-corrected chi connectivity index (χ2v) is 16.7. The zero-order chi connectivity index (χ0) is 37.5. The molecule has 0 aromatic heterocycles. The fourth-order valence-corrected chi connectivity index (χ4v) is 9.53. The lowest BCUT2D eigenvalue weighted by Crippen LogP contribution is -2.50. The molecule has 2 N–H and O–H groups in total. The first-order valence-corrected chi connectivity index (χ1v) is 18.8. The lowest BCUT2D eigenvalue weighted by atomic mass is 9.65. The van der Waals surface area contributed by atoms with Crippen molar-refractivity contribution in [3.63, 3.8) is 0 Å². The van der Waals surface area contributed by atoms with Gasteiger partial charge in [-0.25, -0.2) is 0 Å². The molecule has 3 saturated heterocycles. The SMILES string of the molecule is CC1(C)CC2CC(C)(CN2CC2CC(c3ccc(CO)cc3)OC(c3ccc(-c4cccc(CNC(=O)C5CCCN5C(=O)C(F)(F)F)c4)cc3)O2)C1.